The van der Waals surface area contributed by atoms with Crippen LogP contribution >= 0.6 is 11.6 Å². The van der Waals surface area contributed by atoms with Gasteiger partial charge in [0.25, 0.3) is 5.91 Å². The van der Waals surface area contributed by atoms with Crippen molar-refractivity contribution < 1.29 is 23.4 Å². The summed E-state index contributed by atoms with van der Waals surface area (Å²) in [5, 5.41) is 2.83. The molecular weight excluding hydrogens is 493 g/mol. The number of rotatable bonds is 7. The Hall–Kier alpha value is -4.31. The zero-order chi connectivity index (χ0) is 26.0. The predicted octanol–water partition coefficient (Wildman–Crippen LogP) is 3.81. The number of carbonyl (C=O) groups is 1. The van der Waals surface area contributed by atoms with E-state index in [0.717, 1.165) is 0 Å². The van der Waals surface area contributed by atoms with Crippen LogP contribution in [0.2, 0.25) is 5.02 Å². The minimum atomic E-state index is -0.736. The number of methoxy groups -OCH3 is 3. The summed E-state index contributed by atoms with van der Waals surface area (Å²) in [6.45, 7) is 0.104. The Kier molecular flexibility index (Phi) is 6.98. The van der Waals surface area contributed by atoms with Crippen molar-refractivity contribution in [3.63, 3.8) is 0 Å². The van der Waals surface area contributed by atoms with Crippen LogP contribution in [-0.2, 0) is 6.54 Å². The summed E-state index contributed by atoms with van der Waals surface area (Å²) in [5.41, 5.74) is -0.282. The topological polar surface area (TPSA) is 112 Å². The molecule has 0 bridgehead atoms. The smallest absolute Gasteiger partial charge is 0.261 e. The number of pyridine rings is 2. The Labute approximate surface area is 209 Å². The van der Waals surface area contributed by atoms with Gasteiger partial charge >= 0.3 is 0 Å². The normalized spacial score (nSPS) is 10.8. The van der Waals surface area contributed by atoms with Crippen molar-refractivity contribution in [1.82, 2.24) is 9.55 Å². The number of nitrogens with zero attached hydrogens (tertiary/aromatic N) is 1. The lowest BCUT2D eigenvalue weighted by Crippen LogP contribution is -2.26. The number of ether oxygens (including phenoxy) is 3. The quantitative estimate of drug-likeness (QED) is 0.389. The molecule has 0 saturated heterocycles. The fraction of sp³-hybridized carbons (Fsp3) is 0.160. The van der Waals surface area contributed by atoms with E-state index in [-0.39, 0.29) is 28.3 Å². The second kappa shape index (κ2) is 10.1. The number of hydrogen-bond acceptors (Lipinski definition) is 6. The maximum absolute atomic E-state index is 13.5. The summed E-state index contributed by atoms with van der Waals surface area (Å²) < 4.78 is 31.0. The summed E-state index contributed by atoms with van der Waals surface area (Å²) in [6.07, 6.45) is 1.36. The van der Waals surface area contributed by atoms with Gasteiger partial charge in [-0.25, -0.2) is 4.39 Å². The van der Waals surface area contributed by atoms with Crippen LogP contribution < -0.4 is 30.5 Å². The Balaban J connectivity index is 1.81. The third-order valence-electron chi connectivity index (χ3n) is 5.49. The first-order valence-corrected chi connectivity index (χ1v) is 10.9. The van der Waals surface area contributed by atoms with Crippen LogP contribution in [0.1, 0.15) is 15.9 Å². The number of nitrogens with one attached hydrogen (secondary N) is 2. The fourth-order valence-corrected chi connectivity index (χ4v) is 4.00. The van der Waals surface area contributed by atoms with Gasteiger partial charge in [-0.3, -0.25) is 14.4 Å². The molecule has 0 aliphatic rings. The van der Waals surface area contributed by atoms with Crippen LogP contribution in [0.15, 0.2) is 58.3 Å². The van der Waals surface area contributed by atoms with E-state index < -0.39 is 22.7 Å². The van der Waals surface area contributed by atoms with Gasteiger partial charge in [-0.05, 0) is 23.8 Å². The number of fused-ring (bicyclic) bond motifs is 1. The highest BCUT2D eigenvalue weighted by molar-refractivity contribution is 6.31. The average molecular weight is 514 g/mol. The predicted molar refractivity (Wildman–Crippen MR) is 133 cm³/mol. The molecule has 2 N–H and O–H groups in total. The highest BCUT2D eigenvalue weighted by Crippen LogP contribution is 2.40. The lowest BCUT2D eigenvalue weighted by atomic mass is 10.1. The van der Waals surface area contributed by atoms with E-state index in [0.29, 0.717) is 28.3 Å². The van der Waals surface area contributed by atoms with Gasteiger partial charge in [-0.1, -0.05) is 17.7 Å². The highest BCUT2D eigenvalue weighted by atomic mass is 35.5. The van der Waals surface area contributed by atoms with Gasteiger partial charge in [0.05, 0.1) is 26.8 Å². The zero-order valence-electron chi connectivity index (χ0n) is 19.5. The Bertz CT molecular complexity index is 1570. The molecule has 0 atom stereocenters. The molecule has 0 saturated carbocycles. The summed E-state index contributed by atoms with van der Waals surface area (Å²) in [6, 6.07) is 9.68. The van der Waals surface area contributed by atoms with Crippen LogP contribution in [0, 0.1) is 5.82 Å². The maximum atomic E-state index is 13.5. The van der Waals surface area contributed by atoms with Crippen molar-refractivity contribution in [3.8, 4) is 17.2 Å². The Morgan fingerprint density at radius 2 is 1.72 bits per heavy atom. The van der Waals surface area contributed by atoms with Gasteiger partial charge in [0.2, 0.25) is 16.7 Å². The van der Waals surface area contributed by atoms with E-state index in [2.05, 4.69) is 10.3 Å². The van der Waals surface area contributed by atoms with Crippen molar-refractivity contribution in [3.05, 3.63) is 91.2 Å². The van der Waals surface area contributed by atoms with Gasteiger partial charge in [0.15, 0.2) is 11.5 Å². The minimum Gasteiger partial charge on any atom is -0.493 e. The Morgan fingerprint density at radius 1 is 1.03 bits per heavy atom. The van der Waals surface area contributed by atoms with Gasteiger partial charge in [-0.2, -0.15) is 0 Å². The number of aromatic amines is 1. The van der Waals surface area contributed by atoms with E-state index in [1.54, 1.807) is 4.57 Å². The number of hydrogen-bond donors (Lipinski definition) is 2. The van der Waals surface area contributed by atoms with Gasteiger partial charge in [0.1, 0.15) is 16.9 Å². The van der Waals surface area contributed by atoms with Crippen molar-refractivity contribution >= 4 is 34.2 Å². The number of amides is 1. The van der Waals surface area contributed by atoms with E-state index in [1.807, 2.05) is 0 Å². The van der Waals surface area contributed by atoms with Crippen LogP contribution in [0.3, 0.4) is 0 Å². The summed E-state index contributed by atoms with van der Waals surface area (Å²) >= 11 is 6.19. The molecule has 0 aliphatic heterocycles. The number of anilines is 1. The number of halogens is 2. The fourth-order valence-electron chi connectivity index (χ4n) is 3.78. The van der Waals surface area contributed by atoms with Crippen LogP contribution in [0.5, 0.6) is 17.2 Å². The number of benzene rings is 2. The molecular formula is C25H21ClFN3O6. The van der Waals surface area contributed by atoms with Gasteiger partial charge in [0, 0.05) is 41.7 Å². The lowest BCUT2D eigenvalue weighted by Gasteiger charge is -2.16. The van der Waals surface area contributed by atoms with Crippen LogP contribution in [0.4, 0.5) is 10.1 Å². The third kappa shape index (κ3) is 4.76. The molecule has 0 spiro atoms. The maximum Gasteiger partial charge on any atom is 0.261 e. The molecule has 2 heterocycles. The molecule has 11 heteroatoms. The molecule has 0 unspecified atom stereocenters. The average Bonchev–Trinajstić information content (AvgIpc) is 2.86. The molecule has 186 valence electrons. The summed E-state index contributed by atoms with van der Waals surface area (Å²) in [4.78, 5) is 40.9. The lowest BCUT2D eigenvalue weighted by molar-refractivity contribution is 0.102. The van der Waals surface area contributed by atoms with E-state index in [1.165, 1.54) is 70.0 Å². The minimum absolute atomic E-state index is 0.0572. The second-order valence-corrected chi connectivity index (χ2v) is 8.09. The third-order valence-corrected chi connectivity index (χ3v) is 5.84. The first-order valence-electron chi connectivity index (χ1n) is 10.6. The first-order chi connectivity index (χ1) is 17.2. The van der Waals surface area contributed by atoms with Crippen molar-refractivity contribution in [2.24, 2.45) is 0 Å². The molecule has 2 aromatic heterocycles. The number of aromatic nitrogens is 2. The molecule has 0 fully saturated rings. The molecule has 1 amide bonds. The van der Waals surface area contributed by atoms with Gasteiger partial charge in [-0.15, -0.1) is 0 Å². The molecule has 0 radical (unpaired) electrons. The Morgan fingerprint density at radius 3 is 2.33 bits per heavy atom. The standard InChI is InChI=1S/C25H21ClFN3O6/c1-34-19-9-15(10-20(35-2)24(19)36-3)28-25(33)16-12-30(11-13-4-5-14(27)8-17(13)26)18-6-7-21(31)29-22(18)23(16)32/h4-10,12H,11H2,1-3H3,(H,28,33)(H,29,31). The molecule has 4 aromatic rings. The van der Waals surface area contributed by atoms with E-state index in [9.17, 15) is 18.8 Å². The summed E-state index contributed by atoms with van der Waals surface area (Å²) in [7, 11) is 4.31. The van der Waals surface area contributed by atoms with E-state index in [4.69, 9.17) is 25.8 Å². The second-order valence-electron chi connectivity index (χ2n) is 7.69. The van der Waals surface area contributed by atoms with Gasteiger partial charge < -0.3 is 29.1 Å². The van der Waals surface area contributed by atoms with Crippen molar-refractivity contribution in [2.45, 2.75) is 6.54 Å². The highest BCUT2D eigenvalue weighted by Gasteiger charge is 2.19. The van der Waals surface area contributed by atoms with Crippen LogP contribution in [0.25, 0.3) is 11.0 Å². The van der Waals surface area contributed by atoms with Crippen LogP contribution in [-0.4, -0.2) is 36.8 Å². The molecule has 9 nitrogen and oxygen atoms in total. The SMILES string of the molecule is COc1cc(NC(=O)c2cn(Cc3ccc(F)cc3Cl)c3ccc(=O)[nH]c3c2=O)cc(OC)c1OC. The number of H-pyrrole nitrogens is 1. The van der Waals surface area contributed by atoms with Crippen molar-refractivity contribution in [2.75, 3.05) is 26.6 Å². The zero-order valence-corrected chi connectivity index (χ0v) is 20.2. The molecule has 0 aliphatic carbocycles. The molecule has 2 aromatic carbocycles. The molecule has 36 heavy (non-hydrogen) atoms. The first kappa shape index (κ1) is 24.8. The molecule has 4 rings (SSSR count). The van der Waals surface area contributed by atoms with E-state index >= 15 is 0 Å². The summed E-state index contributed by atoms with van der Waals surface area (Å²) in [5.74, 6) is -0.292. The number of carbonyl (C=O) groups excluding carboxylic acids is 1. The monoisotopic (exact) mass is 513 g/mol. The largest absolute Gasteiger partial charge is 0.493 e. The van der Waals surface area contributed by atoms with Crippen molar-refractivity contribution in [1.29, 1.82) is 0 Å².